The molecule has 0 saturated heterocycles. The van der Waals surface area contributed by atoms with Crippen molar-refractivity contribution < 1.29 is 19.0 Å². The maximum absolute atomic E-state index is 11.8. The Bertz CT molecular complexity index is 668. The molecule has 2 aromatic rings. The minimum atomic E-state index is -0.174. The van der Waals surface area contributed by atoms with E-state index in [1.54, 1.807) is 7.11 Å². The number of hydrogen-bond donors (Lipinski definition) is 1. The number of benzene rings is 2. The van der Waals surface area contributed by atoms with E-state index in [2.05, 4.69) is 5.32 Å². The highest BCUT2D eigenvalue weighted by atomic mass is 16.5. The molecule has 0 aliphatic rings. The number of rotatable bonds is 8. The Kier molecular flexibility index (Phi) is 6.49. The van der Waals surface area contributed by atoms with Crippen molar-refractivity contribution in [2.24, 2.45) is 0 Å². The molecule has 0 fully saturated rings. The average Bonchev–Trinajstić information content (AvgIpc) is 2.60. The predicted octanol–water partition coefficient (Wildman–Crippen LogP) is 2.89. The van der Waals surface area contributed by atoms with Gasteiger partial charge in [-0.1, -0.05) is 6.07 Å². The molecule has 1 N–H and O–H groups in total. The molecule has 0 heterocycles. The molecule has 0 aliphatic heterocycles. The number of ether oxygens (including phenoxy) is 3. The summed E-state index contributed by atoms with van der Waals surface area (Å²) in [4.78, 5) is 11.8. The van der Waals surface area contributed by atoms with Gasteiger partial charge in [0.25, 0.3) is 5.91 Å². The van der Waals surface area contributed by atoms with Crippen molar-refractivity contribution in [2.45, 2.75) is 13.8 Å². The fraction of sp³-hybridized carbons (Fsp3) is 0.316. The first-order valence-electron chi connectivity index (χ1n) is 7.82. The van der Waals surface area contributed by atoms with Crippen LogP contribution in [0.1, 0.15) is 11.1 Å². The van der Waals surface area contributed by atoms with E-state index >= 15 is 0 Å². The van der Waals surface area contributed by atoms with Crippen molar-refractivity contribution in [3.05, 3.63) is 53.6 Å². The minimum absolute atomic E-state index is 0.00889. The fourth-order valence-corrected chi connectivity index (χ4v) is 2.03. The van der Waals surface area contributed by atoms with E-state index in [9.17, 15) is 4.79 Å². The molecule has 0 unspecified atom stereocenters. The van der Waals surface area contributed by atoms with Crippen LogP contribution < -0.4 is 19.5 Å². The zero-order valence-corrected chi connectivity index (χ0v) is 14.3. The summed E-state index contributed by atoms with van der Waals surface area (Å²) in [5.41, 5.74) is 2.34. The van der Waals surface area contributed by atoms with Crippen molar-refractivity contribution in [1.82, 2.24) is 5.32 Å². The van der Waals surface area contributed by atoms with Crippen molar-refractivity contribution >= 4 is 5.91 Å². The summed E-state index contributed by atoms with van der Waals surface area (Å²) in [7, 11) is 1.62. The van der Waals surface area contributed by atoms with Gasteiger partial charge in [0.2, 0.25) is 0 Å². The summed E-state index contributed by atoms with van der Waals surface area (Å²) in [6, 6.07) is 13.1. The zero-order chi connectivity index (χ0) is 17.4. The normalized spacial score (nSPS) is 10.1. The molecule has 2 rings (SSSR count). The highest BCUT2D eigenvalue weighted by molar-refractivity contribution is 5.77. The van der Waals surface area contributed by atoms with Crippen LogP contribution in [0.25, 0.3) is 0 Å². The Labute approximate surface area is 142 Å². The fourth-order valence-electron chi connectivity index (χ4n) is 2.03. The molecule has 128 valence electrons. The second kappa shape index (κ2) is 8.82. The van der Waals surface area contributed by atoms with E-state index in [1.807, 2.05) is 56.3 Å². The number of carbonyl (C=O) groups excluding carboxylic acids is 1. The molecule has 1 amide bonds. The average molecular weight is 329 g/mol. The number of aryl methyl sites for hydroxylation is 2. The van der Waals surface area contributed by atoms with Gasteiger partial charge in [0.15, 0.2) is 6.61 Å². The first-order chi connectivity index (χ1) is 11.6. The molecule has 0 saturated carbocycles. The molecule has 5 nitrogen and oxygen atoms in total. The summed E-state index contributed by atoms with van der Waals surface area (Å²) in [6.07, 6.45) is 0. The van der Waals surface area contributed by atoms with Gasteiger partial charge < -0.3 is 19.5 Å². The molecule has 2 aromatic carbocycles. The van der Waals surface area contributed by atoms with Crippen LogP contribution in [-0.4, -0.2) is 32.8 Å². The third-order valence-electron chi connectivity index (χ3n) is 3.60. The molecule has 0 spiro atoms. The van der Waals surface area contributed by atoms with Gasteiger partial charge in [0.1, 0.15) is 23.9 Å². The lowest BCUT2D eigenvalue weighted by molar-refractivity contribution is -0.123. The summed E-state index contributed by atoms with van der Waals surface area (Å²) in [5, 5.41) is 2.76. The summed E-state index contributed by atoms with van der Waals surface area (Å²) in [5.74, 6) is 2.03. The first kappa shape index (κ1) is 17.7. The van der Waals surface area contributed by atoms with Crippen LogP contribution in [0.2, 0.25) is 0 Å². The van der Waals surface area contributed by atoms with E-state index in [1.165, 1.54) is 5.56 Å². The quantitative estimate of drug-likeness (QED) is 0.757. The largest absolute Gasteiger partial charge is 0.497 e. The van der Waals surface area contributed by atoms with Crippen molar-refractivity contribution in [1.29, 1.82) is 0 Å². The second-order valence-electron chi connectivity index (χ2n) is 5.41. The minimum Gasteiger partial charge on any atom is -0.497 e. The van der Waals surface area contributed by atoms with Crippen molar-refractivity contribution in [3.8, 4) is 17.2 Å². The van der Waals surface area contributed by atoms with Crippen LogP contribution in [0, 0.1) is 13.8 Å². The highest BCUT2D eigenvalue weighted by Crippen LogP contribution is 2.17. The van der Waals surface area contributed by atoms with Crippen LogP contribution in [0.5, 0.6) is 17.2 Å². The molecule has 0 aliphatic carbocycles. The van der Waals surface area contributed by atoms with Crippen LogP contribution in [0.15, 0.2) is 42.5 Å². The summed E-state index contributed by atoms with van der Waals surface area (Å²) in [6.45, 7) is 4.85. The zero-order valence-electron chi connectivity index (χ0n) is 14.3. The van der Waals surface area contributed by atoms with Gasteiger partial charge in [0.05, 0.1) is 13.7 Å². The lowest BCUT2D eigenvalue weighted by Crippen LogP contribution is -2.32. The van der Waals surface area contributed by atoms with E-state index in [0.29, 0.717) is 18.9 Å². The Morgan fingerprint density at radius 1 is 0.917 bits per heavy atom. The summed E-state index contributed by atoms with van der Waals surface area (Å²) >= 11 is 0. The van der Waals surface area contributed by atoms with Crippen LogP contribution >= 0.6 is 0 Å². The standard InChI is InChI=1S/C19H23NO4/c1-14-4-5-18(12-15(14)2)24-13-19(21)20-10-11-23-17-8-6-16(22-3)7-9-17/h4-9,12H,10-11,13H2,1-3H3,(H,20,21). The highest BCUT2D eigenvalue weighted by Gasteiger charge is 2.03. The maximum atomic E-state index is 11.8. The van der Waals surface area contributed by atoms with Gasteiger partial charge >= 0.3 is 0 Å². The molecular weight excluding hydrogens is 306 g/mol. The van der Waals surface area contributed by atoms with Crippen molar-refractivity contribution in [2.75, 3.05) is 26.9 Å². The molecule has 5 heteroatoms. The molecule has 0 atom stereocenters. The van der Waals surface area contributed by atoms with Gasteiger partial charge in [-0.15, -0.1) is 0 Å². The Morgan fingerprint density at radius 2 is 1.58 bits per heavy atom. The van der Waals surface area contributed by atoms with E-state index < -0.39 is 0 Å². The van der Waals surface area contributed by atoms with Gasteiger partial charge in [-0.25, -0.2) is 0 Å². The second-order valence-corrected chi connectivity index (χ2v) is 5.41. The number of methoxy groups -OCH3 is 1. The van der Waals surface area contributed by atoms with Crippen LogP contribution in [0.4, 0.5) is 0 Å². The molecule has 0 radical (unpaired) electrons. The Hall–Kier alpha value is -2.69. The Morgan fingerprint density at radius 3 is 2.25 bits per heavy atom. The molecular formula is C19H23NO4. The third-order valence-corrected chi connectivity index (χ3v) is 3.60. The molecule has 0 bridgehead atoms. The van der Waals surface area contributed by atoms with Crippen LogP contribution in [-0.2, 0) is 4.79 Å². The smallest absolute Gasteiger partial charge is 0.258 e. The van der Waals surface area contributed by atoms with E-state index in [0.717, 1.165) is 17.1 Å². The van der Waals surface area contributed by atoms with Gasteiger partial charge in [-0.3, -0.25) is 4.79 Å². The van der Waals surface area contributed by atoms with Gasteiger partial charge in [-0.05, 0) is 61.4 Å². The maximum Gasteiger partial charge on any atom is 0.258 e. The SMILES string of the molecule is COc1ccc(OCCNC(=O)COc2ccc(C)c(C)c2)cc1. The first-order valence-corrected chi connectivity index (χ1v) is 7.82. The lowest BCUT2D eigenvalue weighted by atomic mass is 10.1. The molecule has 0 aromatic heterocycles. The van der Waals surface area contributed by atoms with E-state index in [4.69, 9.17) is 14.2 Å². The lowest BCUT2D eigenvalue weighted by Gasteiger charge is -2.10. The monoisotopic (exact) mass is 329 g/mol. The van der Waals surface area contributed by atoms with Gasteiger partial charge in [0, 0.05) is 0 Å². The number of carbonyl (C=O) groups is 1. The number of hydrogen-bond acceptors (Lipinski definition) is 4. The van der Waals surface area contributed by atoms with E-state index in [-0.39, 0.29) is 12.5 Å². The number of nitrogens with one attached hydrogen (secondary N) is 1. The van der Waals surface area contributed by atoms with Crippen LogP contribution in [0.3, 0.4) is 0 Å². The predicted molar refractivity (Wildman–Crippen MR) is 92.9 cm³/mol. The van der Waals surface area contributed by atoms with Crippen molar-refractivity contribution in [3.63, 3.8) is 0 Å². The topological polar surface area (TPSA) is 56.8 Å². The number of amides is 1. The third kappa shape index (κ3) is 5.50. The Balaban J connectivity index is 1.64. The summed E-state index contributed by atoms with van der Waals surface area (Å²) < 4.78 is 16.1. The van der Waals surface area contributed by atoms with Gasteiger partial charge in [-0.2, -0.15) is 0 Å². The molecule has 24 heavy (non-hydrogen) atoms.